The Hall–Kier alpha value is -0.0400. The van der Waals surface area contributed by atoms with Gasteiger partial charge in [-0.1, -0.05) is 20.8 Å². The Labute approximate surface area is 122 Å². The number of hydrogen-bond donors (Lipinski definition) is 2. The first-order valence-electron chi connectivity index (χ1n) is 6.27. The van der Waals surface area contributed by atoms with Crippen molar-refractivity contribution in [2.75, 3.05) is 5.75 Å². The van der Waals surface area contributed by atoms with Crippen LogP contribution in [-0.2, 0) is 19.9 Å². The van der Waals surface area contributed by atoms with E-state index in [4.69, 9.17) is 5.84 Å². The van der Waals surface area contributed by atoms with Crippen LogP contribution in [0.3, 0.4) is 0 Å². The molecule has 4 nitrogen and oxygen atoms in total. The molecule has 1 aromatic heterocycles. The highest BCUT2D eigenvalue weighted by atomic mass is 79.9. The Morgan fingerprint density at radius 2 is 2.17 bits per heavy atom. The third-order valence-corrected chi connectivity index (χ3v) is 4.99. The molecule has 0 aliphatic carbocycles. The van der Waals surface area contributed by atoms with Gasteiger partial charge >= 0.3 is 0 Å². The van der Waals surface area contributed by atoms with Crippen LogP contribution in [0.15, 0.2) is 4.47 Å². The number of aryl methyl sites for hydroxylation is 2. The zero-order valence-electron chi connectivity index (χ0n) is 11.5. The van der Waals surface area contributed by atoms with E-state index in [1.165, 1.54) is 5.69 Å². The number of hydrazine groups is 1. The van der Waals surface area contributed by atoms with E-state index in [-0.39, 0.29) is 6.04 Å². The first-order valence-corrected chi connectivity index (χ1v) is 8.11. The van der Waals surface area contributed by atoms with Crippen molar-refractivity contribution in [2.45, 2.75) is 44.9 Å². The Morgan fingerprint density at radius 3 is 2.61 bits per heavy atom. The van der Waals surface area contributed by atoms with Crippen molar-refractivity contribution >= 4 is 27.7 Å². The van der Waals surface area contributed by atoms with E-state index in [1.54, 1.807) is 0 Å². The van der Waals surface area contributed by atoms with E-state index < -0.39 is 0 Å². The first-order chi connectivity index (χ1) is 8.49. The van der Waals surface area contributed by atoms with Gasteiger partial charge in [0.1, 0.15) is 0 Å². The lowest BCUT2D eigenvalue weighted by molar-refractivity contribution is 0.549. The Balaban J connectivity index is 2.72. The van der Waals surface area contributed by atoms with Crippen molar-refractivity contribution in [3.8, 4) is 0 Å². The molecule has 104 valence electrons. The third kappa shape index (κ3) is 4.26. The van der Waals surface area contributed by atoms with Crippen LogP contribution < -0.4 is 11.3 Å². The van der Waals surface area contributed by atoms with Crippen molar-refractivity contribution in [3.63, 3.8) is 0 Å². The second kappa shape index (κ2) is 7.53. The zero-order chi connectivity index (χ0) is 13.7. The van der Waals surface area contributed by atoms with Crippen LogP contribution in [-0.4, -0.2) is 26.8 Å². The van der Waals surface area contributed by atoms with E-state index in [0.717, 1.165) is 28.8 Å². The fourth-order valence-corrected chi connectivity index (χ4v) is 3.36. The molecule has 18 heavy (non-hydrogen) atoms. The van der Waals surface area contributed by atoms with Crippen molar-refractivity contribution in [3.05, 3.63) is 15.9 Å². The smallest absolute Gasteiger partial charge is 0.0766 e. The van der Waals surface area contributed by atoms with Gasteiger partial charge in [0.05, 0.1) is 15.9 Å². The molecule has 1 rings (SSSR count). The van der Waals surface area contributed by atoms with E-state index in [9.17, 15) is 0 Å². The van der Waals surface area contributed by atoms with Crippen LogP contribution in [0.4, 0.5) is 0 Å². The summed E-state index contributed by atoms with van der Waals surface area (Å²) >= 11 is 5.56. The number of hydrogen-bond acceptors (Lipinski definition) is 4. The molecule has 0 saturated carbocycles. The highest BCUT2D eigenvalue weighted by molar-refractivity contribution is 9.10. The van der Waals surface area contributed by atoms with Gasteiger partial charge in [0, 0.05) is 25.3 Å². The van der Waals surface area contributed by atoms with Crippen LogP contribution in [0.2, 0.25) is 0 Å². The summed E-state index contributed by atoms with van der Waals surface area (Å²) in [5.41, 5.74) is 5.22. The van der Waals surface area contributed by atoms with Gasteiger partial charge in [-0.3, -0.25) is 16.0 Å². The molecule has 0 amide bonds. The summed E-state index contributed by atoms with van der Waals surface area (Å²) in [6.45, 7) is 6.52. The number of nitrogens with one attached hydrogen (secondary N) is 1. The molecule has 0 aliphatic rings. The summed E-state index contributed by atoms with van der Waals surface area (Å²) in [4.78, 5) is 0. The minimum Gasteiger partial charge on any atom is -0.271 e. The second-order valence-corrected chi connectivity index (χ2v) is 7.04. The first kappa shape index (κ1) is 16.0. The molecule has 1 heterocycles. The molecule has 0 spiro atoms. The van der Waals surface area contributed by atoms with Gasteiger partial charge < -0.3 is 0 Å². The molecule has 1 aromatic rings. The molecule has 1 unspecified atom stereocenters. The molecule has 0 bridgehead atoms. The number of halogens is 1. The molecule has 0 aliphatic heterocycles. The summed E-state index contributed by atoms with van der Waals surface area (Å²) in [7, 11) is 1.99. The normalized spacial score (nSPS) is 13.3. The lowest BCUT2D eigenvalue weighted by Gasteiger charge is -2.17. The zero-order valence-corrected chi connectivity index (χ0v) is 13.9. The minimum atomic E-state index is 0.272. The highest BCUT2D eigenvalue weighted by Gasteiger charge is 2.17. The number of thioether (sulfide) groups is 1. The van der Waals surface area contributed by atoms with Gasteiger partial charge in [-0.25, -0.2) is 0 Å². The summed E-state index contributed by atoms with van der Waals surface area (Å²) in [6, 6.07) is 0.272. The predicted molar refractivity (Wildman–Crippen MR) is 82.7 cm³/mol. The molecule has 6 heteroatoms. The van der Waals surface area contributed by atoms with Crippen molar-refractivity contribution in [1.29, 1.82) is 0 Å². The van der Waals surface area contributed by atoms with Gasteiger partial charge in [0.15, 0.2) is 0 Å². The average molecular weight is 335 g/mol. The summed E-state index contributed by atoms with van der Waals surface area (Å²) in [5, 5.41) is 5.13. The van der Waals surface area contributed by atoms with Crippen molar-refractivity contribution < 1.29 is 0 Å². The van der Waals surface area contributed by atoms with Crippen molar-refractivity contribution in [2.24, 2.45) is 12.9 Å². The van der Waals surface area contributed by atoms with Crippen LogP contribution >= 0.6 is 27.7 Å². The van der Waals surface area contributed by atoms with E-state index in [1.807, 2.05) is 23.5 Å². The summed E-state index contributed by atoms with van der Waals surface area (Å²) in [6.07, 6.45) is 1.83. The van der Waals surface area contributed by atoms with Crippen LogP contribution in [0.25, 0.3) is 0 Å². The summed E-state index contributed by atoms with van der Waals surface area (Å²) < 4.78 is 3.08. The fourth-order valence-electron chi connectivity index (χ4n) is 1.75. The largest absolute Gasteiger partial charge is 0.271 e. The molecule has 0 radical (unpaired) electrons. The molecule has 0 aromatic carbocycles. The van der Waals surface area contributed by atoms with Gasteiger partial charge in [-0.15, -0.1) is 0 Å². The maximum absolute atomic E-state index is 5.64. The standard InChI is InChI=1S/C12H23BrN4S/c1-5-10-12(13)11(17(4)16-10)6-9(15-14)7-18-8(2)3/h8-9,15H,5-7,14H2,1-4H3. The quantitative estimate of drug-likeness (QED) is 0.593. The van der Waals surface area contributed by atoms with Gasteiger partial charge in [-0.2, -0.15) is 16.9 Å². The summed E-state index contributed by atoms with van der Waals surface area (Å²) in [5.74, 6) is 6.65. The van der Waals surface area contributed by atoms with E-state index >= 15 is 0 Å². The lowest BCUT2D eigenvalue weighted by Crippen LogP contribution is -2.39. The second-order valence-electron chi connectivity index (χ2n) is 4.63. The van der Waals surface area contributed by atoms with Gasteiger partial charge in [0.2, 0.25) is 0 Å². The molecule has 3 N–H and O–H groups in total. The lowest BCUT2D eigenvalue weighted by atomic mass is 10.1. The van der Waals surface area contributed by atoms with Gasteiger partial charge in [-0.05, 0) is 27.6 Å². The Bertz CT molecular complexity index is 378. The maximum Gasteiger partial charge on any atom is 0.0766 e. The molecule has 1 atom stereocenters. The highest BCUT2D eigenvalue weighted by Crippen LogP contribution is 2.23. The monoisotopic (exact) mass is 334 g/mol. The minimum absolute atomic E-state index is 0.272. The topological polar surface area (TPSA) is 55.9 Å². The Kier molecular flexibility index (Phi) is 6.70. The SMILES string of the molecule is CCc1nn(C)c(CC(CSC(C)C)NN)c1Br. The molecular formula is C12H23BrN4S. The molecule has 0 saturated heterocycles. The fraction of sp³-hybridized carbons (Fsp3) is 0.750. The van der Waals surface area contributed by atoms with Crippen molar-refractivity contribution in [1.82, 2.24) is 15.2 Å². The van der Waals surface area contributed by atoms with E-state index in [0.29, 0.717) is 5.25 Å². The number of nitrogens with two attached hydrogens (primary N) is 1. The van der Waals surface area contributed by atoms with E-state index in [2.05, 4.69) is 47.2 Å². The Morgan fingerprint density at radius 1 is 1.50 bits per heavy atom. The van der Waals surface area contributed by atoms with Crippen LogP contribution in [0, 0.1) is 0 Å². The number of rotatable bonds is 7. The predicted octanol–water partition coefficient (Wildman–Crippen LogP) is 2.26. The number of aromatic nitrogens is 2. The number of nitrogens with zero attached hydrogens (tertiary/aromatic N) is 2. The van der Waals surface area contributed by atoms with Crippen LogP contribution in [0.1, 0.15) is 32.2 Å². The van der Waals surface area contributed by atoms with Gasteiger partial charge in [0.25, 0.3) is 0 Å². The maximum atomic E-state index is 5.64. The molecular weight excluding hydrogens is 312 g/mol. The van der Waals surface area contributed by atoms with Crippen LogP contribution in [0.5, 0.6) is 0 Å². The molecule has 0 fully saturated rings. The third-order valence-electron chi connectivity index (χ3n) is 2.81. The average Bonchev–Trinajstić information content (AvgIpc) is 2.60.